The number of likely N-dealkylation sites (N-methyl/N-ethyl adjacent to an activating group) is 1. The number of methoxy groups -OCH3 is 1. The minimum Gasteiger partial charge on any atom is -0.495 e. The number of rotatable bonds is 7. The van der Waals surface area contributed by atoms with Crippen molar-refractivity contribution >= 4 is 11.7 Å². The van der Waals surface area contributed by atoms with Crippen LogP contribution in [0.15, 0.2) is 18.2 Å². The summed E-state index contributed by atoms with van der Waals surface area (Å²) in [5, 5.41) is 14.9. The molecule has 0 radical (unpaired) electrons. The number of benzene rings is 1. The van der Waals surface area contributed by atoms with E-state index in [9.17, 15) is 4.79 Å². The molecule has 1 rings (SSSR count). The maximum absolute atomic E-state index is 10.9. The van der Waals surface area contributed by atoms with Crippen LogP contribution in [0.1, 0.15) is 25.3 Å². The van der Waals surface area contributed by atoms with Crippen molar-refractivity contribution < 1.29 is 14.6 Å². The number of aliphatic carboxylic acids is 1. The summed E-state index contributed by atoms with van der Waals surface area (Å²) in [4.78, 5) is 10.9. The third kappa shape index (κ3) is 4.13. The molecule has 19 heavy (non-hydrogen) atoms. The molecule has 0 aliphatic carbocycles. The van der Waals surface area contributed by atoms with Gasteiger partial charge in [0, 0.05) is 6.54 Å². The third-order valence-electron chi connectivity index (χ3n) is 3.03. The van der Waals surface area contributed by atoms with Crippen LogP contribution < -0.4 is 15.4 Å². The van der Waals surface area contributed by atoms with Gasteiger partial charge in [0.25, 0.3) is 0 Å². The van der Waals surface area contributed by atoms with Gasteiger partial charge in [0.2, 0.25) is 0 Å². The zero-order valence-electron chi connectivity index (χ0n) is 11.9. The van der Waals surface area contributed by atoms with E-state index in [4.69, 9.17) is 9.84 Å². The summed E-state index contributed by atoms with van der Waals surface area (Å²) in [7, 11) is 3.23. The van der Waals surface area contributed by atoms with Gasteiger partial charge in [-0.15, -0.1) is 0 Å². The minimum absolute atomic E-state index is 0.295. The summed E-state index contributed by atoms with van der Waals surface area (Å²) in [5.41, 5.74) is 2.00. The van der Waals surface area contributed by atoms with Crippen LogP contribution in [-0.4, -0.2) is 37.8 Å². The maximum Gasteiger partial charge on any atom is 0.322 e. The molecule has 1 aromatic carbocycles. The quantitative estimate of drug-likeness (QED) is 0.703. The van der Waals surface area contributed by atoms with E-state index < -0.39 is 12.0 Å². The molecule has 0 aromatic heterocycles. The molecule has 0 spiro atoms. The largest absolute Gasteiger partial charge is 0.495 e. The lowest BCUT2D eigenvalue weighted by molar-refractivity contribution is -0.138. The molecule has 106 valence electrons. The Hall–Kier alpha value is -1.75. The van der Waals surface area contributed by atoms with E-state index in [0.717, 1.165) is 5.69 Å². The molecule has 0 saturated carbocycles. The standard InChI is InChI=1S/C14H22N2O3/c1-9(2)10-5-6-13(19-4)11(7-10)16-8-12(15-3)14(17)18/h5-7,9,12,15-16H,8H2,1-4H3,(H,17,18). The average Bonchev–Trinajstić information content (AvgIpc) is 2.38. The molecule has 3 N–H and O–H groups in total. The van der Waals surface area contributed by atoms with Gasteiger partial charge in [-0.05, 0) is 30.7 Å². The predicted octanol–water partition coefficient (Wildman–Crippen LogP) is 1.90. The molecule has 1 aromatic rings. The first-order valence-electron chi connectivity index (χ1n) is 6.31. The fraction of sp³-hybridized carbons (Fsp3) is 0.500. The Balaban J connectivity index is 2.85. The fourth-order valence-corrected chi connectivity index (χ4v) is 1.75. The predicted molar refractivity (Wildman–Crippen MR) is 76.1 cm³/mol. The van der Waals surface area contributed by atoms with Crippen LogP contribution in [0.2, 0.25) is 0 Å². The number of anilines is 1. The molecule has 1 unspecified atom stereocenters. The normalized spacial score (nSPS) is 12.3. The lowest BCUT2D eigenvalue weighted by Gasteiger charge is -2.17. The van der Waals surface area contributed by atoms with E-state index in [-0.39, 0.29) is 0 Å². The van der Waals surface area contributed by atoms with Gasteiger partial charge in [-0.2, -0.15) is 0 Å². The molecule has 0 saturated heterocycles. The number of ether oxygens (including phenoxy) is 1. The minimum atomic E-state index is -0.881. The summed E-state index contributed by atoms with van der Waals surface area (Å²) in [5.74, 6) is 0.240. The van der Waals surface area contributed by atoms with E-state index >= 15 is 0 Å². The summed E-state index contributed by atoms with van der Waals surface area (Å²) in [6, 6.07) is 5.28. The van der Waals surface area contributed by atoms with Gasteiger partial charge in [0.1, 0.15) is 11.8 Å². The van der Waals surface area contributed by atoms with Crippen molar-refractivity contribution in [2.24, 2.45) is 0 Å². The highest BCUT2D eigenvalue weighted by Gasteiger charge is 2.15. The van der Waals surface area contributed by atoms with Crippen LogP contribution in [0.3, 0.4) is 0 Å². The number of carboxylic acids is 1. The van der Waals surface area contributed by atoms with Crippen LogP contribution in [0, 0.1) is 0 Å². The Bertz CT molecular complexity index is 433. The van der Waals surface area contributed by atoms with Crippen LogP contribution >= 0.6 is 0 Å². The third-order valence-corrected chi connectivity index (χ3v) is 3.03. The Morgan fingerprint density at radius 2 is 2.11 bits per heavy atom. The van der Waals surface area contributed by atoms with E-state index in [1.807, 2.05) is 18.2 Å². The lowest BCUT2D eigenvalue weighted by Crippen LogP contribution is -2.39. The highest BCUT2D eigenvalue weighted by Crippen LogP contribution is 2.28. The second-order valence-corrected chi connectivity index (χ2v) is 4.67. The highest BCUT2D eigenvalue weighted by molar-refractivity contribution is 5.74. The second-order valence-electron chi connectivity index (χ2n) is 4.67. The van der Waals surface area contributed by atoms with Gasteiger partial charge in [-0.25, -0.2) is 0 Å². The monoisotopic (exact) mass is 266 g/mol. The molecule has 0 bridgehead atoms. The molecule has 0 amide bonds. The molecular formula is C14H22N2O3. The molecule has 0 aliphatic heterocycles. The highest BCUT2D eigenvalue weighted by atomic mass is 16.5. The van der Waals surface area contributed by atoms with Gasteiger partial charge in [0.05, 0.1) is 12.8 Å². The summed E-state index contributed by atoms with van der Waals surface area (Å²) >= 11 is 0. The van der Waals surface area contributed by atoms with Crippen molar-refractivity contribution in [1.29, 1.82) is 0 Å². The van der Waals surface area contributed by atoms with Crippen LogP contribution in [0.25, 0.3) is 0 Å². The van der Waals surface area contributed by atoms with Gasteiger partial charge in [-0.1, -0.05) is 19.9 Å². The van der Waals surface area contributed by atoms with E-state index in [0.29, 0.717) is 18.2 Å². The van der Waals surface area contributed by atoms with Crippen molar-refractivity contribution in [2.45, 2.75) is 25.8 Å². The number of carbonyl (C=O) groups is 1. The Labute approximate surface area is 114 Å². The molecule has 1 atom stereocenters. The van der Waals surface area contributed by atoms with Crippen molar-refractivity contribution in [3.8, 4) is 5.75 Å². The van der Waals surface area contributed by atoms with Crippen molar-refractivity contribution in [1.82, 2.24) is 5.32 Å². The fourth-order valence-electron chi connectivity index (χ4n) is 1.75. The van der Waals surface area contributed by atoms with Crippen LogP contribution in [0.4, 0.5) is 5.69 Å². The average molecular weight is 266 g/mol. The van der Waals surface area contributed by atoms with Gasteiger partial charge in [0.15, 0.2) is 0 Å². The summed E-state index contributed by atoms with van der Waals surface area (Å²) in [6.07, 6.45) is 0. The van der Waals surface area contributed by atoms with Gasteiger partial charge >= 0.3 is 5.97 Å². The smallest absolute Gasteiger partial charge is 0.322 e. The topological polar surface area (TPSA) is 70.6 Å². The molecule has 5 nitrogen and oxygen atoms in total. The second kappa shape index (κ2) is 6.99. The Morgan fingerprint density at radius 1 is 1.42 bits per heavy atom. The van der Waals surface area contributed by atoms with Crippen LogP contribution in [0.5, 0.6) is 5.75 Å². The zero-order valence-corrected chi connectivity index (χ0v) is 11.9. The van der Waals surface area contributed by atoms with E-state index in [1.54, 1.807) is 14.2 Å². The van der Waals surface area contributed by atoms with E-state index in [1.165, 1.54) is 5.56 Å². The SMILES string of the molecule is CNC(CNc1cc(C(C)C)ccc1OC)C(=O)O. The summed E-state index contributed by atoms with van der Waals surface area (Å²) < 4.78 is 5.28. The molecule has 0 fully saturated rings. The van der Waals surface area contributed by atoms with Crippen LogP contribution in [-0.2, 0) is 4.79 Å². The molecule has 5 heteroatoms. The first-order valence-corrected chi connectivity index (χ1v) is 6.31. The van der Waals surface area contributed by atoms with E-state index in [2.05, 4.69) is 24.5 Å². The molecular weight excluding hydrogens is 244 g/mol. The number of carboxylic acid groups (broad SMARTS) is 1. The number of hydrogen-bond acceptors (Lipinski definition) is 4. The Kier molecular flexibility index (Phi) is 5.63. The number of hydrogen-bond donors (Lipinski definition) is 3. The maximum atomic E-state index is 10.9. The van der Waals surface area contributed by atoms with Crippen molar-refractivity contribution in [2.75, 3.05) is 26.0 Å². The number of nitrogens with one attached hydrogen (secondary N) is 2. The van der Waals surface area contributed by atoms with Gasteiger partial charge in [-0.3, -0.25) is 4.79 Å². The van der Waals surface area contributed by atoms with Gasteiger partial charge < -0.3 is 20.5 Å². The summed E-state index contributed by atoms with van der Waals surface area (Å²) in [6.45, 7) is 4.52. The van der Waals surface area contributed by atoms with Crippen molar-refractivity contribution in [3.05, 3.63) is 23.8 Å². The van der Waals surface area contributed by atoms with Crippen molar-refractivity contribution in [3.63, 3.8) is 0 Å². The first-order chi connectivity index (χ1) is 8.99. The molecule has 0 aliphatic rings. The molecule has 0 heterocycles. The first kappa shape index (κ1) is 15.3. The Morgan fingerprint density at radius 3 is 2.58 bits per heavy atom. The lowest BCUT2D eigenvalue weighted by atomic mass is 10.0. The zero-order chi connectivity index (χ0) is 14.4.